The van der Waals surface area contributed by atoms with Gasteiger partial charge in [0.25, 0.3) is 0 Å². The first-order valence-corrected chi connectivity index (χ1v) is 9.62. The lowest BCUT2D eigenvalue weighted by molar-refractivity contribution is -0.122. The number of nitrogens with zero attached hydrogens (tertiary/aromatic N) is 2. The van der Waals surface area contributed by atoms with E-state index in [1.54, 1.807) is 38.6 Å². The van der Waals surface area contributed by atoms with E-state index in [0.717, 1.165) is 16.8 Å². The van der Waals surface area contributed by atoms with Crippen LogP contribution in [0.15, 0.2) is 67.1 Å². The SMILES string of the molecule is CNC(=O)C(NCCC(c1ccc(F)c(C)c1)c1cnccn1)c1ccccc1. The second-order valence-corrected chi connectivity index (χ2v) is 6.89. The van der Waals surface area contributed by atoms with Crippen molar-refractivity contribution in [1.82, 2.24) is 20.6 Å². The van der Waals surface area contributed by atoms with Crippen molar-refractivity contribution in [1.29, 1.82) is 0 Å². The fourth-order valence-electron chi connectivity index (χ4n) is 3.38. The number of likely N-dealkylation sites (N-methyl/N-ethyl adjacent to an activating group) is 1. The standard InChI is InChI=1S/C23H25FN4O/c1-16-14-18(8-9-20(16)24)19(21-15-26-12-13-27-21)10-11-28-22(23(29)25-2)17-6-4-3-5-7-17/h3-9,12-15,19,22,28H,10-11H2,1-2H3,(H,25,29). The summed E-state index contributed by atoms with van der Waals surface area (Å²) < 4.78 is 13.8. The third-order valence-electron chi connectivity index (χ3n) is 4.95. The second-order valence-electron chi connectivity index (χ2n) is 6.89. The highest BCUT2D eigenvalue weighted by atomic mass is 19.1. The van der Waals surface area contributed by atoms with Crippen LogP contribution < -0.4 is 10.6 Å². The number of hydrogen-bond donors (Lipinski definition) is 2. The molecule has 2 aromatic carbocycles. The number of benzene rings is 2. The Morgan fingerprint density at radius 3 is 2.55 bits per heavy atom. The highest BCUT2D eigenvalue weighted by Crippen LogP contribution is 2.27. The molecule has 0 aliphatic heterocycles. The molecule has 29 heavy (non-hydrogen) atoms. The summed E-state index contributed by atoms with van der Waals surface area (Å²) in [5, 5.41) is 6.06. The molecule has 0 spiro atoms. The topological polar surface area (TPSA) is 66.9 Å². The van der Waals surface area contributed by atoms with Gasteiger partial charge in [-0.25, -0.2) is 4.39 Å². The van der Waals surface area contributed by atoms with E-state index in [2.05, 4.69) is 20.6 Å². The molecule has 1 amide bonds. The number of hydrogen-bond acceptors (Lipinski definition) is 4. The summed E-state index contributed by atoms with van der Waals surface area (Å²) in [6.45, 7) is 2.33. The Balaban J connectivity index is 1.79. The molecular weight excluding hydrogens is 367 g/mol. The van der Waals surface area contributed by atoms with E-state index in [1.807, 2.05) is 36.4 Å². The number of rotatable bonds is 8. The van der Waals surface area contributed by atoms with Crippen molar-refractivity contribution in [3.8, 4) is 0 Å². The molecular formula is C23H25FN4O. The zero-order chi connectivity index (χ0) is 20.6. The van der Waals surface area contributed by atoms with Crippen molar-refractivity contribution in [2.45, 2.75) is 25.3 Å². The summed E-state index contributed by atoms with van der Waals surface area (Å²) in [7, 11) is 1.63. The van der Waals surface area contributed by atoms with Gasteiger partial charge < -0.3 is 10.6 Å². The van der Waals surface area contributed by atoms with Crippen LogP contribution >= 0.6 is 0 Å². The van der Waals surface area contributed by atoms with Crippen molar-refractivity contribution in [2.75, 3.05) is 13.6 Å². The van der Waals surface area contributed by atoms with Gasteiger partial charge in [-0.05, 0) is 42.6 Å². The van der Waals surface area contributed by atoms with E-state index in [4.69, 9.17) is 0 Å². The predicted octanol–water partition coefficient (Wildman–Crippen LogP) is 3.52. The minimum Gasteiger partial charge on any atom is -0.358 e. The maximum absolute atomic E-state index is 13.8. The van der Waals surface area contributed by atoms with Gasteiger partial charge >= 0.3 is 0 Å². The maximum Gasteiger partial charge on any atom is 0.241 e. The lowest BCUT2D eigenvalue weighted by Crippen LogP contribution is -2.36. The summed E-state index contributed by atoms with van der Waals surface area (Å²) in [5.74, 6) is -0.380. The van der Waals surface area contributed by atoms with Gasteiger partial charge in [0.05, 0.1) is 5.69 Å². The van der Waals surface area contributed by atoms with Crippen molar-refractivity contribution in [3.63, 3.8) is 0 Å². The Kier molecular flexibility index (Phi) is 7.03. The molecule has 6 heteroatoms. The van der Waals surface area contributed by atoms with Crippen molar-refractivity contribution >= 4 is 5.91 Å². The Labute approximate surface area is 170 Å². The number of carbonyl (C=O) groups excluding carboxylic acids is 1. The molecule has 150 valence electrons. The third kappa shape index (κ3) is 5.23. The Hall–Kier alpha value is -3.12. The van der Waals surface area contributed by atoms with Gasteiger partial charge in [0.1, 0.15) is 11.9 Å². The molecule has 0 aliphatic rings. The van der Waals surface area contributed by atoms with Gasteiger partial charge in [0.2, 0.25) is 5.91 Å². The van der Waals surface area contributed by atoms with Crippen LogP contribution in [0.3, 0.4) is 0 Å². The zero-order valence-electron chi connectivity index (χ0n) is 16.6. The highest BCUT2D eigenvalue weighted by molar-refractivity contribution is 5.82. The number of carbonyl (C=O) groups is 1. The average Bonchev–Trinajstić information content (AvgIpc) is 2.77. The van der Waals surface area contributed by atoms with Gasteiger partial charge in [-0.2, -0.15) is 0 Å². The molecule has 1 heterocycles. The van der Waals surface area contributed by atoms with E-state index < -0.39 is 6.04 Å². The molecule has 0 fully saturated rings. The third-order valence-corrected chi connectivity index (χ3v) is 4.95. The molecule has 0 saturated heterocycles. The van der Waals surface area contributed by atoms with Crippen molar-refractivity contribution < 1.29 is 9.18 Å². The molecule has 2 N–H and O–H groups in total. The van der Waals surface area contributed by atoms with Crippen LogP contribution in [0.5, 0.6) is 0 Å². The van der Waals surface area contributed by atoms with E-state index in [0.29, 0.717) is 18.5 Å². The summed E-state index contributed by atoms with van der Waals surface area (Å²) in [6, 6.07) is 14.3. The monoisotopic (exact) mass is 392 g/mol. The van der Waals surface area contributed by atoms with Crippen LogP contribution in [0.2, 0.25) is 0 Å². The quantitative estimate of drug-likeness (QED) is 0.616. The molecule has 3 rings (SSSR count). The first-order chi connectivity index (χ1) is 14.1. The van der Waals surface area contributed by atoms with Crippen LogP contribution in [-0.2, 0) is 4.79 Å². The fraction of sp³-hybridized carbons (Fsp3) is 0.261. The van der Waals surface area contributed by atoms with Crippen molar-refractivity contribution in [3.05, 3.63) is 95.3 Å². The Morgan fingerprint density at radius 1 is 1.10 bits per heavy atom. The van der Waals surface area contributed by atoms with Crippen LogP contribution in [0.4, 0.5) is 4.39 Å². The normalized spacial score (nSPS) is 12.9. The Morgan fingerprint density at radius 2 is 1.90 bits per heavy atom. The number of amides is 1. The predicted molar refractivity (Wildman–Crippen MR) is 111 cm³/mol. The lowest BCUT2D eigenvalue weighted by atomic mass is 9.91. The van der Waals surface area contributed by atoms with Gasteiger partial charge in [0.15, 0.2) is 0 Å². The molecule has 5 nitrogen and oxygen atoms in total. The molecule has 0 radical (unpaired) electrons. The highest BCUT2D eigenvalue weighted by Gasteiger charge is 2.21. The summed E-state index contributed by atoms with van der Waals surface area (Å²) in [6.07, 6.45) is 5.70. The first kappa shape index (κ1) is 20.6. The van der Waals surface area contributed by atoms with Crippen LogP contribution in [-0.4, -0.2) is 29.5 Å². The van der Waals surface area contributed by atoms with E-state index in [-0.39, 0.29) is 17.6 Å². The number of halogens is 1. The van der Waals surface area contributed by atoms with Crippen LogP contribution in [0.25, 0.3) is 0 Å². The number of nitrogens with one attached hydrogen (secondary N) is 2. The molecule has 1 aromatic heterocycles. The molecule has 0 aliphatic carbocycles. The van der Waals surface area contributed by atoms with Crippen LogP contribution in [0, 0.1) is 12.7 Å². The fourth-order valence-corrected chi connectivity index (χ4v) is 3.38. The average molecular weight is 392 g/mol. The minimum atomic E-state index is -0.446. The van der Waals surface area contributed by atoms with Gasteiger partial charge in [0, 0.05) is 31.6 Å². The molecule has 0 saturated carbocycles. The van der Waals surface area contributed by atoms with E-state index in [1.165, 1.54) is 6.07 Å². The second kappa shape index (κ2) is 9.89. The van der Waals surface area contributed by atoms with Crippen LogP contribution in [0.1, 0.15) is 40.8 Å². The maximum atomic E-state index is 13.8. The molecule has 3 aromatic rings. The lowest BCUT2D eigenvalue weighted by Gasteiger charge is -2.21. The van der Waals surface area contributed by atoms with E-state index in [9.17, 15) is 9.18 Å². The number of aryl methyl sites for hydroxylation is 1. The zero-order valence-corrected chi connectivity index (χ0v) is 16.6. The Bertz CT molecular complexity index is 934. The van der Waals surface area contributed by atoms with Gasteiger partial charge in [-0.3, -0.25) is 14.8 Å². The number of aromatic nitrogens is 2. The molecule has 0 bridgehead atoms. The minimum absolute atomic E-state index is 0.0587. The van der Waals surface area contributed by atoms with Gasteiger partial charge in [-0.15, -0.1) is 0 Å². The molecule has 2 atom stereocenters. The van der Waals surface area contributed by atoms with E-state index >= 15 is 0 Å². The first-order valence-electron chi connectivity index (χ1n) is 9.62. The summed E-state index contributed by atoms with van der Waals surface area (Å²) in [4.78, 5) is 21.0. The largest absolute Gasteiger partial charge is 0.358 e. The molecule has 2 unspecified atom stereocenters. The van der Waals surface area contributed by atoms with Gasteiger partial charge in [-0.1, -0.05) is 42.5 Å². The van der Waals surface area contributed by atoms with Crippen molar-refractivity contribution in [2.24, 2.45) is 0 Å². The summed E-state index contributed by atoms with van der Waals surface area (Å²) >= 11 is 0. The smallest absolute Gasteiger partial charge is 0.241 e. The summed E-state index contributed by atoms with van der Waals surface area (Å²) in [5.41, 5.74) is 3.29.